The van der Waals surface area contributed by atoms with Gasteiger partial charge in [0.15, 0.2) is 0 Å². The second-order valence-electron chi connectivity index (χ2n) is 8.27. The highest BCUT2D eigenvalue weighted by Crippen LogP contribution is 2.21. The molecule has 4 heteroatoms. The number of carbonyl (C=O) groups excluding carboxylic acids is 1. The summed E-state index contributed by atoms with van der Waals surface area (Å²) < 4.78 is 0. The number of aryl methyl sites for hydroxylation is 1. The fraction of sp³-hybridized carbons (Fsp3) is 0.682. The van der Waals surface area contributed by atoms with Crippen molar-refractivity contribution in [1.82, 2.24) is 14.7 Å². The topological polar surface area (TPSA) is 26.8 Å². The van der Waals surface area contributed by atoms with Crippen LogP contribution in [0.3, 0.4) is 0 Å². The largest absolute Gasteiger partial charge is 0.343 e. The molecule has 0 radical (unpaired) electrons. The maximum Gasteiger partial charge on any atom is 0.222 e. The van der Waals surface area contributed by atoms with Gasteiger partial charge in [0.1, 0.15) is 0 Å². The second-order valence-corrected chi connectivity index (χ2v) is 8.27. The van der Waals surface area contributed by atoms with E-state index in [9.17, 15) is 4.79 Å². The average Bonchev–Trinajstić information content (AvgIpc) is 2.65. The Kier molecular flexibility index (Phi) is 7.09. The van der Waals surface area contributed by atoms with E-state index in [4.69, 9.17) is 0 Å². The highest BCUT2D eigenvalue weighted by Gasteiger charge is 2.27. The number of rotatable bonds is 6. The summed E-state index contributed by atoms with van der Waals surface area (Å²) in [4.78, 5) is 19.7. The van der Waals surface area contributed by atoms with Crippen LogP contribution in [0.4, 0.5) is 0 Å². The lowest BCUT2D eigenvalue weighted by molar-refractivity contribution is -0.132. The van der Waals surface area contributed by atoms with E-state index >= 15 is 0 Å². The van der Waals surface area contributed by atoms with Gasteiger partial charge in [0, 0.05) is 51.7 Å². The van der Waals surface area contributed by atoms with Gasteiger partial charge in [-0.3, -0.25) is 9.69 Å². The van der Waals surface area contributed by atoms with Crippen molar-refractivity contribution in [3.63, 3.8) is 0 Å². The van der Waals surface area contributed by atoms with Crippen molar-refractivity contribution in [3.8, 4) is 0 Å². The minimum Gasteiger partial charge on any atom is -0.343 e. The first kappa shape index (κ1) is 19.4. The summed E-state index contributed by atoms with van der Waals surface area (Å²) in [7, 11) is 2.22. The average molecular weight is 358 g/mol. The molecule has 0 spiro atoms. The fourth-order valence-electron chi connectivity index (χ4n) is 4.39. The fourth-order valence-corrected chi connectivity index (χ4v) is 4.39. The Balaban J connectivity index is 1.34. The van der Waals surface area contributed by atoms with E-state index in [1.807, 2.05) is 6.07 Å². The minimum atomic E-state index is 0.354. The van der Waals surface area contributed by atoms with E-state index in [2.05, 4.69) is 52.9 Å². The quantitative estimate of drug-likeness (QED) is 0.783. The van der Waals surface area contributed by atoms with Gasteiger partial charge in [-0.2, -0.15) is 0 Å². The molecule has 0 N–H and O–H groups in total. The maximum absolute atomic E-state index is 12.5. The summed E-state index contributed by atoms with van der Waals surface area (Å²) in [6, 6.07) is 11.1. The van der Waals surface area contributed by atoms with Crippen LogP contribution in [0.5, 0.6) is 0 Å². The molecule has 1 aromatic rings. The monoisotopic (exact) mass is 357 g/mol. The SMILES string of the molecule is C[C@H]1CN(C)CCN1CC1CCN(C(=O)CCCc2ccccc2)CC1. The lowest BCUT2D eigenvalue weighted by Gasteiger charge is -2.41. The molecular weight excluding hydrogens is 322 g/mol. The van der Waals surface area contributed by atoms with Crippen molar-refractivity contribution < 1.29 is 4.79 Å². The molecule has 3 rings (SSSR count). The number of piperidine rings is 1. The molecule has 0 aromatic heterocycles. The van der Waals surface area contributed by atoms with E-state index in [1.54, 1.807) is 0 Å². The first-order valence-corrected chi connectivity index (χ1v) is 10.4. The Labute approximate surface area is 159 Å². The van der Waals surface area contributed by atoms with Crippen LogP contribution in [-0.2, 0) is 11.2 Å². The lowest BCUT2D eigenvalue weighted by Crippen LogP contribution is -2.52. The number of likely N-dealkylation sites (N-methyl/N-ethyl adjacent to an activating group) is 1. The van der Waals surface area contributed by atoms with Crippen LogP contribution in [0.15, 0.2) is 30.3 Å². The number of amides is 1. The van der Waals surface area contributed by atoms with Crippen LogP contribution in [0, 0.1) is 5.92 Å². The van der Waals surface area contributed by atoms with Gasteiger partial charge in [0.05, 0.1) is 0 Å². The number of benzene rings is 1. The lowest BCUT2D eigenvalue weighted by atomic mass is 9.95. The Morgan fingerprint density at radius 2 is 1.81 bits per heavy atom. The van der Waals surface area contributed by atoms with Crippen LogP contribution in [0.2, 0.25) is 0 Å². The van der Waals surface area contributed by atoms with Gasteiger partial charge in [-0.1, -0.05) is 30.3 Å². The van der Waals surface area contributed by atoms with E-state index < -0.39 is 0 Å². The Bertz CT molecular complexity index is 554. The van der Waals surface area contributed by atoms with Crippen LogP contribution >= 0.6 is 0 Å². The molecule has 2 fully saturated rings. The predicted octanol–water partition coefficient (Wildman–Crippen LogP) is 2.88. The first-order valence-electron chi connectivity index (χ1n) is 10.4. The Hall–Kier alpha value is -1.39. The molecule has 1 amide bonds. The number of piperazine rings is 1. The van der Waals surface area contributed by atoms with E-state index in [1.165, 1.54) is 44.6 Å². The second kappa shape index (κ2) is 9.52. The Morgan fingerprint density at radius 3 is 2.50 bits per heavy atom. The molecule has 1 atom stereocenters. The summed E-state index contributed by atoms with van der Waals surface area (Å²) in [6.45, 7) is 9.03. The van der Waals surface area contributed by atoms with Crippen molar-refractivity contribution in [2.45, 2.75) is 45.1 Å². The van der Waals surface area contributed by atoms with Gasteiger partial charge in [-0.15, -0.1) is 0 Å². The van der Waals surface area contributed by atoms with Crippen LogP contribution in [0.1, 0.15) is 38.2 Å². The van der Waals surface area contributed by atoms with Crippen molar-refractivity contribution in [1.29, 1.82) is 0 Å². The number of likely N-dealkylation sites (tertiary alicyclic amines) is 1. The van der Waals surface area contributed by atoms with Gasteiger partial charge in [-0.25, -0.2) is 0 Å². The normalized spacial score (nSPS) is 23.3. The van der Waals surface area contributed by atoms with Gasteiger partial charge < -0.3 is 9.80 Å². The number of nitrogens with zero attached hydrogens (tertiary/aromatic N) is 3. The van der Waals surface area contributed by atoms with Gasteiger partial charge in [-0.05, 0) is 51.1 Å². The first-order chi connectivity index (χ1) is 12.6. The van der Waals surface area contributed by atoms with Crippen LogP contribution in [0.25, 0.3) is 0 Å². The highest BCUT2D eigenvalue weighted by molar-refractivity contribution is 5.76. The molecular formula is C22H35N3O. The summed E-state index contributed by atoms with van der Waals surface area (Å²) >= 11 is 0. The van der Waals surface area contributed by atoms with Crippen molar-refractivity contribution in [2.75, 3.05) is 46.3 Å². The van der Waals surface area contributed by atoms with Crippen molar-refractivity contribution >= 4 is 5.91 Å². The molecule has 2 saturated heterocycles. The molecule has 2 heterocycles. The molecule has 0 aliphatic carbocycles. The van der Waals surface area contributed by atoms with Crippen LogP contribution in [-0.4, -0.2) is 73.0 Å². The zero-order valence-electron chi connectivity index (χ0n) is 16.6. The van der Waals surface area contributed by atoms with Crippen molar-refractivity contribution in [3.05, 3.63) is 35.9 Å². The number of hydrogen-bond acceptors (Lipinski definition) is 3. The summed E-state index contributed by atoms with van der Waals surface area (Å²) in [5.41, 5.74) is 1.33. The predicted molar refractivity (Wildman–Crippen MR) is 107 cm³/mol. The summed E-state index contributed by atoms with van der Waals surface area (Å²) in [5.74, 6) is 1.11. The minimum absolute atomic E-state index is 0.354. The molecule has 144 valence electrons. The third kappa shape index (κ3) is 5.55. The zero-order valence-corrected chi connectivity index (χ0v) is 16.6. The molecule has 0 saturated carbocycles. The molecule has 0 bridgehead atoms. The Morgan fingerprint density at radius 1 is 1.08 bits per heavy atom. The summed E-state index contributed by atoms with van der Waals surface area (Å²) in [5, 5.41) is 0. The number of carbonyl (C=O) groups is 1. The van der Waals surface area contributed by atoms with Gasteiger partial charge in [0.25, 0.3) is 0 Å². The highest BCUT2D eigenvalue weighted by atomic mass is 16.2. The third-order valence-corrected chi connectivity index (χ3v) is 6.13. The van der Waals surface area contributed by atoms with Crippen molar-refractivity contribution in [2.24, 2.45) is 5.92 Å². The van der Waals surface area contributed by atoms with Crippen LogP contribution < -0.4 is 0 Å². The molecule has 4 nitrogen and oxygen atoms in total. The zero-order chi connectivity index (χ0) is 18.4. The number of hydrogen-bond donors (Lipinski definition) is 0. The van der Waals surface area contributed by atoms with E-state index in [-0.39, 0.29) is 0 Å². The molecule has 26 heavy (non-hydrogen) atoms. The molecule has 2 aliphatic rings. The third-order valence-electron chi connectivity index (χ3n) is 6.13. The molecule has 1 aromatic carbocycles. The van der Waals surface area contributed by atoms with Gasteiger partial charge in [0.2, 0.25) is 5.91 Å². The maximum atomic E-state index is 12.5. The van der Waals surface area contributed by atoms with E-state index in [0.717, 1.165) is 31.8 Å². The van der Waals surface area contributed by atoms with E-state index in [0.29, 0.717) is 18.4 Å². The summed E-state index contributed by atoms with van der Waals surface area (Å²) in [6.07, 6.45) is 4.99. The smallest absolute Gasteiger partial charge is 0.222 e. The molecule has 2 aliphatic heterocycles. The van der Waals surface area contributed by atoms with Gasteiger partial charge >= 0.3 is 0 Å². The standard InChI is InChI=1S/C22H35N3O/c1-19-17-23(2)15-16-25(19)18-21-11-13-24(14-12-21)22(26)10-6-9-20-7-4-3-5-8-20/h3-5,7-8,19,21H,6,9-18H2,1-2H3/t19-/m0/s1. The molecule has 0 unspecified atom stereocenters.